The summed E-state index contributed by atoms with van der Waals surface area (Å²) in [6.45, 7) is 5.56. The number of pyridine rings is 1. The van der Waals surface area contributed by atoms with Crippen molar-refractivity contribution in [1.29, 1.82) is 0 Å². The highest BCUT2D eigenvalue weighted by atomic mass is 35.5. The van der Waals surface area contributed by atoms with Gasteiger partial charge < -0.3 is 10.1 Å². The predicted octanol–water partition coefficient (Wildman–Crippen LogP) is 3.25. The average molecular weight is 452 g/mol. The van der Waals surface area contributed by atoms with Crippen molar-refractivity contribution in [1.82, 2.24) is 14.6 Å². The van der Waals surface area contributed by atoms with Crippen LogP contribution in [-0.2, 0) is 14.8 Å². The van der Waals surface area contributed by atoms with Crippen LogP contribution < -0.4 is 10.1 Å². The molecule has 1 amide bonds. The largest absolute Gasteiger partial charge is 0.478 e. The first-order chi connectivity index (χ1) is 14.1. The molecule has 1 aromatic heterocycles. The lowest BCUT2D eigenvalue weighted by Crippen LogP contribution is -2.55. The van der Waals surface area contributed by atoms with Crippen molar-refractivity contribution in [3.8, 4) is 5.75 Å². The highest BCUT2D eigenvalue weighted by Crippen LogP contribution is 2.26. The molecule has 0 spiro atoms. The number of halogens is 1. The van der Waals surface area contributed by atoms with Crippen LogP contribution in [0.25, 0.3) is 0 Å². The number of nitrogens with zero attached hydrogens (tertiary/aromatic N) is 2. The smallest absolute Gasteiger partial charge is 0.263 e. The van der Waals surface area contributed by atoms with Gasteiger partial charge in [-0.3, -0.25) is 9.78 Å². The maximum atomic E-state index is 12.9. The monoisotopic (exact) mass is 451 g/mol. The number of benzene rings is 1. The summed E-state index contributed by atoms with van der Waals surface area (Å²) in [5.74, 6) is 0.295. The van der Waals surface area contributed by atoms with Crippen LogP contribution in [0.5, 0.6) is 5.75 Å². The van der Waals surface area contributed by atoms with Crippen LogP contribution in [0, 0.1) is 0 Å². The molecular formula is C21H26ClN3O4S. The molecule has 1 aliphatic rings. The number of carbonyl (C=O) groups excluding carboxylic acids is 1. The molecule has 1 saturated heterocycles. The van der Waals surface area contributed by atoms with Crippen LogP contribution >= 0.6 is 11.6 Å². The second kappa shape index (κ2) is 8.91. The molecule has 9 heteroatoms. The van der Waals surface area contributed by atoms with E-state index in [4.69, 9.17) is 16.3 Å². The van der Waals surface area contributed by atoms with Gasteiger partial charge in [0, 0.05) is 36.0 Å². The van der Waals surface area contributed by atoms with E-state index in [-0.39, 0.29) is 22.9 Å². The zero-order chi connectivity index (χ0) is 21.9. The molecule has 1 N–H and O–H groups in total. The predicted molar refractivity (Wildman–Crippen MR) is 115 cm³/mol. The van der Waals surface area contributed by atoms with Crippen molar-refractivity contribution in [3.05, 3.63) is 53.8 Å². The standard InChI is InChI=1S/C21H26ClN3O4S/c1-15-13-17(10-12-25(15)30(27,28)19-5-4-11-23-14-19)24-20(26)21(2,3)29-18-8-6-16(22)7-9-18/h4-9,11,14-15,17H,10,12-13H2,1-3H3,(H,24,26)/t15-,17+/m1/s1. The van der Waals surface area contributed by atoms with Gasteiger partial charge in [-0.15, -0.1) is 0 Å². The summed E-state index contributed by atoms with van der Waals surface area (Å²) < 4.78 is 33.1. The van der Waals surface area contributed by atoms with E-state index in [0.29, 0.717) is 30.2 Å². The molecule has 2 atom stereocenters. The summed E-state index contributed by atoms with van der Waals surface area (Å²) in [6, 6.07) is 9.57. The van der Waals surface area contributed by atoms with Gasteiger partial charge in [0.05, 0.1) is 0 Å². The van der Waals surface area contributed by atoms with Gasteiger partial charge in [-0.25, -0.2) is 8.42 Å². The van der Waals surface area contributed by atoms with Gasteiger partial charge in [0.15, 0.2) is 5.60 Å². The second-order valence-electron chi connectivity index (χ2n) is 7.91. The van der Waals surface area contributed by atoms with Crippen LogP contribution in [0.4, 0.5) is 0 Å². The van der Waals surface area contributed by atoms with Crippen molar-refractivity contribution in [2.24, 2.45) is 0 Å². The number of piperidine rings is 1. The number of sulfonamides is 1. The highest BCUT2D eigenvalue weighted by Gasteiger charge is 2.37. The molecule has 7 nitrogen and oxygen atoms in total. The molecule has 2 aromatic rings. The summed E-state index contributed by atoms with van der Waals surface area (Å²) in [5, 5.41) is 3.60. The first kappa shape index (κ1) is 22.5. The molecule has 0 saturated carbocycles. The van der Waals surface area contributed by atoms with Crippen LogP contribution in [0.2, 0.25) is 5.02 Å². The lowest BCUT2D eigenvalue weighted by atomic mass is 9.99. The van der Waals surface area contributed by atoms with Gasteiger partial charge >= 0.3 is 0 Å². The average Bonchev–Trinajstić information content (AvgIpc) is 2.70. The minimum Gasteiger partial charge on any atom is -0.478 e. The Kier molecular flexibility index (Phi) is 6.69. The van der Waals surface area contributed by atoms with Crippen LogP contribution in [0.1, 0.15) is 33.6 Å². The molecule has 1 aliphatic heterocycles. The molecule has 30 heavy (non-hydrogen) atoms. The summed E-state index contributed by atoms with van der Waals surface area (Å²) in [6.07, 6.45) is 3.93. The van der Waals surface area contributed by atoms with E-state index in [1.807, 2.05) is 6.92 Å². The fraction of sp³-hybridized carbons (Fsp3) is 0.429. The van der Waals surface area contributed by atoms with Gasteiger partial charge in [0.2, 0.25) is 10.0 Å². The minimum atomic E-state index is -3.61. The molecule has 162 valence electrons. The van der Waals surface area contributed by atoms with Crippen LogP contribution in [0.3, 0.4) is 0 Å². The van der Waals surface area contributed by atoms with Crippen LogP contribution in [-0.4, -0.2) is 47.8 Å². The minimum absolute atomic E-state index is 0.138. The number of aromatic nitrogens is 1. The summed E-state index contributed by atoms with van der Waals surface area (Å²) in [5.41, 5.74) is -1.09. The number of hydrogen-bond acceptors (Lipinski definition) is 5. The summed E-state index contributed by atoms with van der Waals surface area (Å²) in [4.78, 5) is 16.9. The molecule has 0 bridgehead atoms. The van der Waals surface area contributed by atoms with Crippen molar-refractivity contribution < 1.29 is 17.9 Å². The van der Waals surface area contributed by atoms with Crippen molar-refractivity contribution >= 4 is 27.5 Å². The molecule has 0 aliphatic carbocycles. The Morgan fingerprint density at radius 1 is 1.27 bits per heavy atom. The molecule has 2 heterocycles. The number of rotatable bonds is 6. The normalized spacial score (nSPS) is 20.5. The van der Waals surface area contributed by atoms with E-state index in [1.165, 1.54) is 16.7 Å². The Morgan fingerprint density at radius 3 is 2.57 bits per heavy atom. The maximum absolute atomic E-state index is 12.9. The molecule has 1 aromatic carbocycles. The third-order valence-electron chi connectivity index (χ3n) is 5.12. The van der Waals surface area contributed by atoms with Gasteiger partial charge in [-0.05, 0) is 70.0 Å². The van der Waals surface area contributed by atoms with Crippen molar-refractivity contribution in [2.45, 2.75) is 56.2 Å². The molecule has 1 fully saturated rings. The van der Waals surface area contributed by atoms with Crippen LogP contribution in [0.15, 0.2) is 53.7 Å². The zero-order valence-corrected chi connectivity index (χ0v) is 18.8. The van der Waals surface area contributed by atoms with Gasteiger partial charge in [-0.1, -0.05) is 11.6 Å². The van der Waals surface area contributed by atoms with E-state index in [1.54, 1.807) is 50.2 Å². The fourth-order valence-electron chi connectivity index (χ4n) is 3.48. The van der Waals surface area contributed by atoms with Gasteiger partial charge in [0.1, 0.15) is 10.6 Å². The topological polar surface area (TPSA) is 88.6 Å². The number of hydrogen-bond donors (Lipinski definition) is 1. The molecule has 0 unspecified atom stereocenters. The van der Waals surface area contributed by atoms with Crippen molar-refractivity contribution in [3.63, 3.8) is 0 Å². The Hall–Kier alpha value is -2.16. The Labute approximate surface area is 182 Å². The Morgan fingerprint density at radius 2 is 1.97 bits per heavy atom. The molecular weight excluding hydrogens is 426 g/mol. The SMILES string of the molecule is C[C@@H]1C[C@@H](NC(=O)C(C)(C)Oc2ccc(Cl)cc2)CCN1S(=O)(=O)c1cccnc1. The molecule has 3 rings (SSSR count). The Bertz CT molecular complexity index is 981. The first-order valence-electron chi connectivity index (χ1n) is 9.77. The van der Waals surface area contributed by atoms with E-state index < -0.39 is 15.6 Å². The molecule has 0 radical (unpaired) electrons. The Balaban J connectivity index is 1.61. The summed E-state index contributed by atoms with van der Waals surface area (Å²) in [7, 11) is -3.61. The lowest BCUT2D eigenvalue weighted by molar-refractivity contribution is -0.135. The van der Waals surface area contributed by atoms with Crippen molar-refractivity contribution in [2.75, 3.05) is 6.54 Å². The van der Waals surface area contributed by atoms with Gasteiger partial charge in [0.25, 0.3) is 5.91 Å². The van der Waals surface area contributed by atoms with E-state index in [9.17, 15) is 13.2 Å². The van der Waals surface area contributed by atoms with Gasteiger partial charge in [-0.2, -0.15) is 4.31 Å². The highest BCUT2D eigenvalue weighted by molar-refractivity contribution is 7.89. The third-order valence-corrected chi connectivity index (χ3v) is 7.37. The maximum Gasteiger partial charge on any atom is 0.263 e. The number of carbonyl (C=O) groups is 1. The first-order valence-corrected chi connectivity index (χ1v) is 11.6. The zero-order valence-electron chi connectivity index (χ0n) is 17.2. The van der Waals surface area contributed by atoms with E-state index >= 15 is 0 Å². The summed E-state index contributed by atoms with van der Waals surface area (Å²) >= 11 is 5.89. The lowest BCUT2D eigenvalue weighted by Gasteiger charge is -2.38. The quantitative estimate of drug-likeness (QED) is 0.728. The number of ether oxygens (including phenoxy) is 1. The number of amides is 1. The fourth-order valence-corrected chi connectivity index (χ4v) is 5.22. The van der Waals surface area contributed by atoms with E-state index in [2.05, 4.69) is 10.3 Å². The number of nitrogens with one attached hydrogen (secondary N) is 1. The van der Waals surface area contributed by atoms with E-state index in [0.717, 1.165) is 0 Å². The third kappa shape index (κ3) is 5.11. The second-order valence-corrected chi connectivity index (χ2v) is 10.2.